The lowest BCUT2D eigenvalue weighted by molar-refractivity contribution is -0.126. The van der Waals surface area contributed by atoms with Crippen LogP contribution in [0.25, 0.3) is 0 Å². The maximum absolute atomic E-state index is 12.9. The number of sulfonamides is 1. The molecule has 1 saturated heterocycles. The van der Waals surface area contributed by atoms with Gasteiger partial charge in [-0.25, -0.2) is 17.1 Å². The van der Waals surface area contributed by atoms with Crippen molar-refractivity contribution in [1.29, 1.82) is 0 Å². The van der Waals surface area contributed by atoms with E-state index in [0.29, 0.717) is 25.9 Å². The summed E-state index contributed by atoms with van der Waals surface area (Å²) in [5.41, 5.74) is 0.839. The largest absolute Gasteiger partial charge is 0.349 e. The highest BCUT2D eigenvalue weighted by Gasteiger charge is 2.30. The molecule has 1 atom stereocenters. The predicted octanol–water partition coefficient (Wildman–Crippen LogP) is 2.06. The molecular formula is C16H23FN2O3S. The van der Waals surface area contributed by atoms with Crippen molar-refractivity contribution in [3.05, 3.63) is 35.6 Å². The molecule has 5 nitrogen and oxygen atoms in total. The Bertz CT molecular complexity index is 638. The molecule has 0 radical (unpaired) electrons. The topological polar surface area (TPSA) is 66.5 Å². The SMILES string of the molecule is CCS(=O)(=O)N1CCC(C(=O)N[C@H](C)c2ccc(F)cc2)CC1. The van der Waals surface area contributed by atoms with Crippen molar-refractivity contribution in [3.8, 4) is 0 Å². The van der Waals surface area contributed by atoms with Crippen molar-refractivity contribution in [1.82, 2.24) is 9.62 Å². The Morgan fingerprint density at radius 3 is 2.39 bits per heavy atom. The lowest BCUT2D eigenvalue weighted by atomic mass is 9.96. The average Bonchev–Trinajstić information content (AvgIpc) is 2.55. The molecule has 1 aliphatic rings. The molecule has 7 heteroatoms. The van der Waals surface area contributed by atoms with E-state index in [1.807, 2.05) is 6.92 Å². The molecule has 1 aromatic carbocycles. The van der Waals surface area contributed by atoms with Crippen molar-refractivity contribution in [3.63, 3.8) is 0 Å². The quantitative estimate of drug-likeness (QED) is 0.891. The molecule has 0 aliphatic carbocycles. The van der Waals surface area contributed by atoms with Gasteiger partial charge in [0.25, 0.3) is 0 Å². The molecule has 2 rings (SSSR count). The minimum atomic E-state index is -3.17. The molecule has 0 saturated carbocycles. The number of rotatable bonds is 5. The lowest BCUT2D eigenvalue weighted by Crippen LogP contribution is -2.43. The second-order valence-electron chi connectivity index (χ2n) is 5.86. The second-order valence-corrected chi connectivity index (χ2v) is 8.11. The molecule has 1 N–H and O–H groups in total. The molecule has 1 fully saturated rings. The Morgan fingerprint density at radius 1 is 1.30 bits per heavy atom. The highest BCUT2D eigenvalue weighted by Crippen LogP contribution is 2.21. The number of hydrogen-bond acceptors (Lipinski definition) is 3. The fraction of sp³-hybridized carbons (Fsp3) is 0.562. The van der Waals surface area contributed by atoms with E-state index in [-0.39, 0.29) is 29.4 Å². The van der Waals surface area contributed by atoms with E-state index in [2.05, 4.69) is 5.32 Å². The second kappa shape index (κ2) is 7.40. The van der Waals surface area contributed by atoms with E-state index in [1.165, 1.54) is 16.4 Å². The van der Waals surface area contributed by atoms with Crippen LogP contribution in [0.3, 0.4) is 0 Å². The number of carbonyl (C=O) groups is 1. The van der Waals surface area contributed by atoms with Gasteiger partial charge in [0.05, 0.1) is 11.8 Å². The Balaban J connectivity index is 1.89. The van der Waals surface area contributed by atoms with Crippen LogP contribution in [-0.2, 0) is 14.8 Å². The lowest BCUT2D eigenvalue weighted by Gasteiger charge is -2.31. The summed E-state index contributed by atoms with van der Waals surface area (Å²) in [4.78, 5) is 12.3. The van der Waals surface area contributed by atoms with Crippen LogP contribution in [0.4, 0.5) is 4.39 Å². The summed E-state index contributed by atoms with van der Waals surface area (Å²) in [5.74, 6) is -0.473. The Morgan fingerprint density at radius 2 is 1.87 bits per heavy atom. The van der Waals surface area contributed by atoms with Crippen LogP contribution in [0.2, 0.25) is 0 Å². The molecule has 0 unspecified atom stereocenters. The van der Waals surface area contributed by atoms with Gasteiger partial charge < -0.3 is 5.32 Å². The van der Waals surface area contributed by atoms with E-state index in [4.69, 9.17) is 0 Å². The molecule has 128 valence electrons. The maximum Gasteiger partial charge on any atom is 0.223 e. The first-order chi connectivity index (χ1) is 10.8. The van der Waals surface area contributed by atoms with Crippen molar-refractivity contribution in [2.75, 3.05) is 18.8 Å². The monoisotopic (exact) mass is 342 g/mol. The number of nitrogens with one attached hydrogen (secondary N) is 1. The fourth-order valence-corrected chi connectivity index (χ4v) is 3.88. The van der Waals surface area contributed by atoms with Gasteiger partial charge in [-0.05, 0) is 44.4 Å². The first kappa shape index (κ1) is 17.9. The predicted molar refractivity (Wildman–Crippen MR) is 86.7 cm³/mol. The molecule has 1 aromatic rings. The molecular weight excluding hydrogens is 319 g/mol. The molecule has 23 heavy (non-hydrogen) atoms. The maximum atomic E-state index is 12.9. The number of carbonyl (C=O) groups excluding carboxylic acids is 1. The van der Waals surface area contributed by atoms with Crippen LogP contribution in [0, 0.1) is 11.7 Å². The first-order valence-corrected chi connectivity index (χ1v) is 9.48. The van der Waals surface area contributed by atoms with Gasteiger partial charge in [0, 0.05) is 19.0 Å². The van der Waals surface area contributed by atoms with Gasteiger partial charge in [0.15, 0.2) is 0 Å². The molecule has 0 bridgehead atoms. The fourth-order valence-electron chi connectivity index (χ4n) is 2.74. The molecule has 0 spiro atoms. The van der Waals surface area contributed by atoms with Gasteiger partial charge in [0.2, 0.25) is 15.9 Å². The summed E-state index contributed by atoms with van der Waals surface area (Å²) in [6, 6.07) is 5.83. The summed E-state index contributed by atoms with van der Waals surface area (Å²) >= 11 is 0. The van der Waals surface area contributed by atoms with Gasteiger partial charge >= 0.3 is 0 Å². The van der Waals surface area contributed by atoms with E-state index in [0.717, 1.165) is 5.56 Å². The van der Waals surface area contributed by atoms with Crippen molar-refractivity contribution >= 4 is 15.9 Å². The molecule has 1 heterocycles. The molecule has 1 amide bonds. The van der Waals surface area contributed by atoms with E-state index in [9.17, 15) is 17.6 Å². The Kier molecular flexibility index (Phi) is 5.75. The van der Waals surface area contributed by atoms with Gasteiger partial charge in [-0.1, -0.05) is 12.1 Å². The Labute approximate surface area is 136 Å². The highest BCUT2D eigenvalue weighted by atomic mass is 32.2. The van der Waals surface area contributed by atoms with Gasteiger partial charge in [-0.2, -0.15) is 0 Å². The minimum absolute atomic E-state index is 0.0737. The van der Waals surface area contributed by atoms with Crippen molar-refractivity contribution < 1.29 is 17.6 Å². The molecule has 1 aliphatic heterocycles. The normalized spacial score (nSPS) is 18.6. The number of amides is 1. The van der Waals surface area contributed by atoms with Crippen LogP contribution in [0.1, 0.15) is 38.3 Å². The Hall–Kier alpha value is -1.47. The van der Waals surface area contributed by atoms with Crippen LogP contribution >= 0.6 is 0 Å². The zero-order valence-electron chi connectivity index (χ0n) is 13.5. The third-order valence-electron chi connectivity index (χ3n) is 4.31. The van der Waals surface area contributed by atoms with Crippen LogP contribution in [0.15, 0.2) is 24.3 Å². The molecule has 0 aromatic heterocycles. The highest BCUT2D eigenvalue weighted by molar-refractivity contribution is 7.89. The third-order valence-corrected chi connectivity index (χ3v) is 6.19. The van der Waals surface area contributed by atoms with Gasteiger partial charge in [0.1, 0.15) is 5.82 Å². The van der Waals surface area contributed by atoms with Gasteiger partial charge in [-0.15, -0.1) is 0 Å². The van der Waals surface area contributed by atoms with E-state index in [1.54, 1.807) is 19.1 Å². The number of nitrogens with zero attached hydrogens (tertiary/aromatic N) is 1. The summed E-state index contributed by atoms with van der Waals surface area (Å²) in [5, 5.41) is 2.92. The number of benzene rings is 1. The minimum Gasteiger partial charge on any atom is -0.349 e. The zero-order valence-corrected chi connectivity index (χ0v) is 14.3. The van der Waals surface area contributed by atoms with Gasteiger partial charge in [-0.3, -0.25) is 4.79 Å². The third kappa shape index (κ3) is 4.51. The summed E-state index contributed by atoms with van der Waals surface area (Å²) in [6.07, 6.45) is 1.06. The van der Waals surface area contributed by atoms with Crippen LogP contribution in [-0.4, -0.2) is 37.5 Å². The van der Waals surface area contributed by atoms with Crippen molar-refractivity contribution in [2.45, 2.75) is 32.7 Å². The standard InChI is InChI=1S/C16H23FN2O3S/c1-3-23(21,22)19-10-8-14(9-11-19)16(20)18-12(2)13-4-6-15(17)7-5-13/h4-7,12,14H,3,8-11H2,1-2H3,(H,18,20)/t12-/m1/s1. The summed E-state index contributed by atoms with van der Waals surface area (Å²) in [6.45, 7) is 4.25. The van der Waals surface area contributed by atoms with E-state index < -0.39 is 10.0 Å². The average molecular weight is 342 g/mol. The van der Waals surface area contributed by atoms with E-state index >= 15 is 0 Å². The van der Waals surface area contributed by atoms with Crippen molar-refractivity contribution in [2.24, 2.45) is 5.92 Å². The number of halogens is 1. The van der Waals surface area contributed by atoms with Crippen LogP contribution in [0.5, 0.6) is 0 Å². The number of piperidine rings is 1. The zero-order chi connectivity index (χ0) is 17.0. The summed E-state index contributed by atoms with van der Waals surface area (Å²) < 4.78 is 38.0. The first-order valence-electron chi connectivity index (χ1n) is 7.87. The smallest absolute Gasteiger partial charge is 0.223 e. The number of hydrogen-bond donors (Lipinski definition) is 1. The van der Waals surface area contributed by atoms with Crippen LogP contribution < -0.4 is 5.32 Å². The summed E-state index contributed by atoms with van der Waals surface area (Å²) in [7, 11) is -3.17.